The van der Waals surface area contributed by atoms with Gasteiger partial charge in [0.25, 0.3) is 0 Å². The molecule has 2 aliphatic rings. The molecule has 0 spiro atoms. The van der Waals surface area contributed by atoms with Gasteiger partial charge >= 0.3 is 0 Å². The number of rotatable bonds is 5. The van der Waals surface area contributed by atoms with Crippen LogP contribution in [0.2, 0.25) is 0 Å². The third-order valence-electron chi connectivity index (χ3n) is 5.15. The predicted molar refractivity (Wildman–Crippen MR) is 97.9 cm³/mol. The molecular weight excluding hydrogens is 301 g/mol. The lowest BCUT2D eigenvalue weighted by molar-refractivity contribution is 0.179. The van der Waals surface area contributed by atoms with E-state index in [1.165, 1.54) is 23.9 Å². The number of benzene rings is 1. The second-order valence-corrected chi connectivity index (χ2v) is 6.54. The molecule has 0 amide bonds. The van der Waals surface area contributed by atoms with Crippen LogP contribution in [0, 0.1) is 16.6 Å². The van der Waals surface area contributed by atoms with Gasteiger partial charge in [-0.2, -0.15) is 0 Å². The average Bonchev–Trinajstić information content (AvgIpc) is 2.62. The Bertz CT molecular complexity index is 702. The first kappa shape index (κ1) is 16.7. The fraction of sp³-hybridized carbons (Fsp3) is 0.350. The molecule has 1 heterocycles. The molecule has 1 aliphatic heterocycles. The van der Waals surface area contributed by atoms with E-state index >= 15 is 0 Å². The second-order valence-electron chi connectivity index (χ2n) is 6.54. The molecule has 1 unspecified atom stereocenters. The minimum atomic E-state index is -0.249. The van der Waals surface area contributed by atoms with Gasteiger partial charge in [0.15, 0.2) is 0 Å². The van der Waals surface area contributed by atoms with Crippen molar-refractivity contribution in [1.29, 1.82) is 5.41 Å². The Hall–Kier alpha value is -2.20. The average molecular weight is 325 g/mol. The summed E-state index contributed by atoms with van der Waals surface area (Å²) in [5, 5.41) is 11.2. The van der Waals surface area contributed by atoms with Gasteiger partial charge in [0.2, 0.25) is 0 Å². The Morgan fingerprint density at radius 2 is 2.12 bits per heavy atom. The van der Waals surface area contributed by atoms with E-state index in [2.05, 4.69) is 35.9 Å². The van der Waals surface area contributed by atoms with Gasteiger partial charge in [0, 0.05) is 36.1 Å². The molecular formula is C20H24FN3. The summed E-state index contributed by atoms with van der Waals surface area (Å²) in [5.74, 6) is -0.249. The molecule has 2 N–H and O–H groups in total. The van der Waals surface area contributed by atoms with E-state index in [1.807, 2.05) is 0 Å². The van der Waals surface area contributed by atoms with Crippen LogP contribution < -0.4 is 5.32 Å². The summed E-state index contributed by atoms with van der Waals surface area (Å²) in [4.78, 5) is 2.44. The van der Waals surface area contributed by atoms with Gasteiger partial charge in [-0.15, -0.1) is 6.58 Å². The van der Waals surface area contributed by atoms with Gasteiger partial charge in [-0.3, -0.25) is 0 Å². The van der Waals surface area contributed by atoms with Crippen molar-refractivity contribution in [2.75, 3.05) is 25.0 Å². The van der Waals surface area contributed by atoms with Crippen molar-refractivity contribution in [2.45, 2.75) is 19.8 Å². The summed E-state index contributed by atoms with van der Waals surface area (Å²) in [7, 11) is 0. The lowest BCUT2D eigenvalue weighted by Crippen LogP contribution is -2.45. The minimum Gasteiger partial charge on any atom is -0.355 e. The molecule has 4 heteroatoms. The zero-order chi connectivity index (χ0) is 17.2. The first-order chi connectivity index (χ1) is 11.6. The first-order valence-corrected chi connectivity index (χ1v) is 8.43. The third-order valence-corrected chi connectivity index (χ3v) is 5.15. The molecule has 1 saturated heterocycles. The molecule has 0 saturated carbocycles. The number of hydrogen-bond donors (Lipinski definition) is 2. The molecule has 1 fully saturated rings. The number of hydrogen-bond acceptors (Lipinski definition) is 3. The summed E-state index contributed by atoms with van der Waals surface area (Å²) in [5.41, 5.74) is 4.03. The number of fused-ring (bicyclic) bond motifs is 1. The Balaban J connectivity index is 1.92. The summed E-state index contributed by atoms with van der Waals surface area (Å²) >= 11 is 0. The Labute approximate surface area is 143 Å². The number of nitrogens with one attached hydrogen (secondary N) is 2. The number of halogens is 1. The lowest BCUT2D eigenvalue weighted by atomic mass is 9.68. The molecule has 1 aromatic carbocycles. The van der Waals surface area contributed by atoms with Crippen LogP contribution in [0.3, 0.4) is 0 Å². The highest BCUT2D eigenvalue weighted by atomic mass is 19.1. The van der Waals surface area contributed by atoms with E-state index in [9.17, 15) is 4.39 Å². The lowest BCUT2D eigenvalue weighted by Gasteiger charge is -2.45. The van der Waals surface area contributed by atoms with Crippen LogP contribution in [0.5, 0.6) is 0 Å². The first-order valence-electron chi connectivity index (χ1n) is 8.43. The van der Waals surface area contributed by atoms with Gasteiger partial charge in [-0.25, -0.2) is 4.39 Å². The van der Waals surface area contributed by atoms with Crippen molar-refractivity contribution < 1.29 is 4.39 Å². The molecule has 1 aromatic rings. The highest BCUT2D eigenvalue weighted by molar-refractivity contribution is 5.81. The number of nitrogens with zero attached hydrogens (tertiary/aromatic N) is 1. The number of anilines is 1. The maximum absolute atomic E-state index is 13.1. The molecule has 3 rings (SSSR count). The Morgan fingerprint density at radius 1 is 1.38 bits per heavy atom. The van der Waals surface area contributed by atoms with E-state index in [0.29, 0.717) is 0 Å². The van der Waals surface area contributed by atoms with E-state index < -0.39 is 0 Å². The summed E-state index contributed by atoms with van der Waals surface area (Å²) < 4.78 is 13.1. The van der Waals surface area contributed by atoms with Crippen LogP contribution in [-0.2, 0) is 0 Å². The van der Waals surface area contributed by atoms with E-state index in [1.54, 1.807) is 12.1 Å². The Morgan fingerprint density at radius 3 is 2.75 bits per heavy atom. The van der Waals surface area contributed by atoms with Gasteiger partial charge in [0.1, 0.15) is 5.82 Å². The summed E-state index contributed by atoms with van der Waals surface area (Å²) in [6.45, 7) is 9.32. The largest absolute Gasteiger partial charge is 0.355 e. The maximum atomic E-state index is 13.1. The normalized spacial score (nSPS) is 24.2. The molecule has 1 atom stereocenters. The smallest absolute Gasteiger partial charge is 0.123 e. The van der Waals surface area contributed by atoms with Crippen molar-refractivity contribution in [3.63, 3.8) is 0 Å². The summed E-state index contributed by atoms with van der Waals surface area (Å²) in [6.07, 6.45) is 7.45. The van der Waals surface area contributed by atoms with Gasteiger partial charge in [-0.1, -0.05) is 18.6 Å². The highest BCUT2D eigenvalue weighted by Crippen LogP contribution is 2.45. The molecule has 24 heavy (non-hydrogen) atoms. The van der Waals surface area contributed by atoms with Crippen LogP contribution in [0.1, 0.15) is 19.8 Å². The Kier molecular flexibility index (Phi) is 4.67. The van der Waals surface area contributed by atoms with Crippen LogP contribution in [-0.4, -0.2) is 30.7 Å². The number of piperidine rings is 1. The van der Waals surface area contributed by atoms with Crippen LogP contribution in [0.25, 0.3) is 0 Å². The molecule has 0 aromatic heterocycles. The highest BCUT2D eigenvalue weighted by Gasteiger charge is 2.39. The van der Waals surface area contributed by atoms with Crippen molar-refractivity contribution in [3.8, 4) is 0 Å². The molecule has 0 radical (unpaired) electrons. The fourth-order valence-corrected chi connectivity index (χ4v) is 3.67. The van der Waals surface area contributed by atoms with Crippen LogP contribution in [0.4, 0.5) is 10.1 Å². The molecule has 3 nitrogen and oxygen atoms in total. The molecule has 126 valence electrons. The zero-order valence-electron chi connectivity index (χ0n) is 14.1. The maximum Gasteiger partial charge on any atom is 0.123 e. The van der Waals surface area contributed by atoms with Gasteiger partial charge in [-0.05, 0) is 55.3 Å². The van der Waals surface area contributed by atoms with Crippen molar-refractivity contribution in [2.24, 2.45) is 5.41 Å². The fourth-order valence-electron chi connectivity index (χ4n) is 3.67. The predicted octanol–water partition coefficient (Wildman–Crippen LogP) is 4.37. The van der Waals surface area contributed by atoms with E-state index in [-0.39, 0.29) is 11.2 Å². The number of likely N-dealkylation sites (tertiary alicyclic amines) is 1. The van der Waals surface area contributed by atoms with Gasteiger partial charge in [0.05, 0.1) is 0 Å². The van der Waals surface area contributed by atoms with Crippen molar-refractivity contribution in [1.82, 2.24) is 4.90 Å². The molecule has 0 bridgehead atoms. The monoisotopic (exact) mass is 325 g/mol. The minimum absolute atomic E-state index is 0.0743. The topological polar surface area (TPSA) is 39.1 Å². The van der Waals surface area contributed by atoms with E-state index in [4.69, 9.17) is 5.41 Å². The second kappa shape index (κ2) is 6.73. The SMILES string of the molecule is C=CC12CC(C=N)=C(Nc3ccc(F)cc3)C=C1CCN(CC)C2. The third kappa shape index (κ3) is 3.06. The van der Waals surface area contributed by atoms with Crippen LogP contribution >= 0.6 is 0 Å². The van der Waals surface area contributed by atoms with Gasteiger partial charge < -0.3 is 15.6 Å². The van der Waals surface area contributed by atoms with Crippen molar-refractivity contribution >= 4 is 11.9 Å². The molecule has 1 aliphatic carbocycles. The number of allylic oxidation sites excluding steroid dienone is 2. The van der Waals surface area contributed by atoms with E-state index in [0.717, 1.165) is 49.4 Å². The van der Waals surface area contributed by atoms with Crippen molar-refractivity contribution in [3.05, 3.63) is 65.7 Å². The summed E-state index contributed by atoms with van der Waals surface area (Å²) in [6, 6.07) is 6.32. The zero-order valence-corrected chi connectivity index (χ0v) is 14.1. The van der Waals surface area contributed by atoms with Crippen LogP contribution in [0.15, 0.2) is 59.8 Å². The standard InChI is InChI=1S/C20H24FN3/c1-3-20-12-15(13-22)19(23-18-7-5-17(21)6-8-18)11-16(20)9-10-24(4-2)14-20/h3,5-8,11,13,22-23H,1,4,9-10,12,14H2,2H3. The quantitative estimate of drug-likeness (QED) is 0.623.